The predicted molar refractivity (Wildman–Crippen MR) is 71.1 cm³/mol. The molecule has 0 unspecified atom stereocenters. The molecule has 3 nitrogen and oxygen atoms in total. The van der Waals surface area contributed by atoms with Gasteiger partial charge >= 0.3 is 5.97 Å². The summed E-state index contributed by atoms with van der Waals surface area (Å²) in [7, 11) is 1.34. The van der Waals surface area contributed by atoms with E-state index in [1.165, 1.54) is 7.11 Å². The summed E-state index contributed by atoms with van der Waals surface area (Å²) in [6, 6.07) is 11.1. The van der Waals surface area contributed by atoms with Crippen molar-refractivity contribution in [1.29, 1.82) is 0 Å². The number of hydrogen-bond acceptors (Lipinski definition) is 3. The lowest BCUT2D eigenvalue weighted by Crippen LogP contribution is -2.24. The average Bonchev–Trinajstić information content (AvgIpc) is 2.41. The van der Waals surface area contributed by atoms with Crippen molar-refractivity contribution in [3.05, 3.63) is 41.4 Å². The minimum atomic E-state index is -0.653. The van der Waals surface area contributed by atoms with Crippen LogP contribution in [0, 0.1) is 0 Å². The van der Waals surface area contributed by atoms with Crippen LogP contribution in [0.5, 0.6) is 5.75 Å². The lowest BCUT2D eigenvalue weighted by atomic mass is 10.1. The van der Waals surface area contributed by atoms with Crippen molar-refractivity contribution in [2.75, 3.05) is 7.11 Å². The number of fused-ring (bicyclic) bond motifs is 1. The number of halogens is 1. The molecule has 2 aromatic carbocycles. The standard InChI is InChI=1S/C14H13ClO3/c1-9(14(16)17-2)18-13-8-7-12(15)10-5-3-4-6-11(10)13/h3-9H,1-2H3/t9-/m1/s1. The van der Waals surface area contributed by atoms with Crippen LogP contribution in [0.4, 0.5) is 0 Å². The summed E-state index contributed by atoms with van der Waals surface area (Å²) < 4.78 is 10.2. The van der Waals surface area contributed by atoms with Crippen LogP contribution in [0.2, 0.25) is 5.02 Å². The second-order valence-corrected chi connectivity index (χ2v) is 4.28. The summed E-state index contributed by atoms with van der Waals surface area (Å²) >= 11 is 6.11. The summed E-state index contributed by atoms with van der Waals surface area (Å²) in [5.74, 6) is 0.210. The van der Waals surface area contributed by atoms with Gasteiger partial charge in [0.15, 0.2) is 6.10 Å². The molecule has 0 aliphatic rings. The number of carbonyl (C=O) groups is 1. The Morgan fingerprint density at radius 3 is 2.50 bits per heavy atom. The zero-order valence-corrected chi connectivity index (χ0v) is 10.9. The number of ether oxygens (including phenoxy) is 2. The second kappa shape index (κ2) is 5.27. The van der Waals surface area contributed by atoms with Gasteiger partial charge in [-0.25, -0.2) is 4.79 Å². The van der Waals surface area contributed by atoms with E-state index in [9.17, 15) is 4.79 Å². The van der Waals surface area contributed by atoms with Crippen LogP contribution in [-0.2, 0) is 9.53 Å². The SMILES string of the molecule is COC(=O)[C@@H](C)Oc1ccc(Cl)c2ccccc12. The van der Waals surface area contributed by atoms with E-state index >= 15 is 0 Å². The lowest BCUT2D eigenvalue weighted by Gasteiger charge is -2.14. The van der Waals surface area contributed by atoms with Crippen molar-refractivity contribution in [1.82, 2.24) is 0 Å². The molecule has 0 spiro atoms. The molecule has 2 aromatic rings. The molecule has 0 aliphatic heterocycles. The number of carbonyl (C=O) groups excluding carboxylic acids is 1. The fourth-order valence-corrected chi connectivity index (χ4v) is 1.97. The van der Waals surface area contributed by atoms with E-state index in [4.69, 9.17) is 16.3 Å². The molecule has 0 saturated carbocycles. The maximum atomic E-state index is 11.3. The normalized spacial score (nSPS) is 12.2. The highest BCUT2D eigenvalue weighted by atomic mass is 35.5. The highest BCUT2D eigenvalue weighted by molar-refractivity contribution is 6.35. The first-order valence-electron chi connectivity index (χ1n) is 5.55. The topological polar surface area (TPSA) is 35.5 Å². The van der Waals surface area contributed by atoms with E-state index in [-0.39, 0.29) is 0 Å². The Balaban J connectivity index is 2.40. The smallest absolute Gasteiger partial charge is 0.346 e. The van der Waals surface area contributed by atoms with Crippen molar-refractivity contribution in [2.45, 2.75) is 13.0 Å². The van der Waals surface area contributed by atoms with Gasteiger partial charge in [0.05, 0.1) is 7.11 Å². The number of rotatable bonds is 3. The Morgan fingerprint density at radius 1 is 1.17 bits per heavy atom. The number of benzene rings is 2. The molecule has 0 bridgehead atoms. The molecule has 2 rings (SSSR count). The van der Waals surface area contributed by atoms with Crippen LogP contribution in [0.1, 0.15) is 6.92 Å². The van der Waals surface area contributed by atoms with Crippen LogP contribution >= 0.6 is 11.6 Å². The van der Waals surface area contributed by atoms with Crippen molar-refractivity contribution >= 4 is 28.3 Å². The molecule has 0 amide bonds. The third-order valence-electron chi connectivity index (χ3n) is 2.67. The van der Waals surface area contributed by atoms with Crippen LogP contribution in [0.15, 0.2) is 36.4 Å². The average molecular weight is 265 g/mol. The van der Waals surface area contributed by atoms with Crippen molar-refractivity contribution in [2.24, 2.45) is 0 Å². The van der Waals surface area contributed by atoms with Gasteiger partial charge in [-0.15, -0.1) is 0 Å². The van der Waals surface area contributed by atoms with Gasteiger partial charge in [0.1, 0.15) is 5.75 Å². The quantitative estimate of drug-likeness (QED) is 0.797. The van der Waals surface area contributed by atoms with Crippen LogP contribution in [0.25, 0.3) is 10.8 Å². The summed E-state index contributed by atoms with van der Waals surface area (Å²) in [5.41, 5.74) is 0. The van der Waals surface area contributed by atoms with E-state index in [0.717, 1.165) is 10.8 Å². The maximum absolute atomic E-state index is 11.3. The Bertz CT molecular complexity index is 580. The number of esters is 1. The van der Waals surface area contributed by atoms with Gasteiger partial charge in [-0.1, -0.05) is 35.9 Å². The zero-order valence-electron chi connectivity index (χ0n) is 10.1. The molecular weight excluding hydrogens is 252 g/mol. The molecule has 0 saturated heterocycles. The van der Waals surface area contributed by atoms with Gasteiger partial charge in [0.25, 0.3) is 0 Å². The minimum Gasteiger partial charge on any atom is -0.478 e. The predicted octanol–water partition coefficient (Wildman–Crippen LogP) is 3.43. The molecule has 4 heteroatoms. The largest absolute Gasteiger partial charge is 0.478 e. The van der Waals surface area contributed by atoms with Gasteiger partial charge in [-0.3, -0.25) is 0 Å². The lowest BCUT2D eigenvalue weighted by molar-refractivity contribution is -0.147. The Morgan fingerprint density at radius 2 is 1.83 bits per heavy atom. The first-order chi connectivity index (χ1) is 8.63. The second-order valence-electron chi connectivity index (χ2n) is 3.87. The summed E-state index contributed by atoms with van der Waals surface area (Å²) in [6.45, 7) is 1.65. The molecule has 1 atom stereocenters. The number of hydrogen-bond donors (Lipinski definition) is 0. The third kappa shape index (κ3) is 2.41. The van der Waals surface area contributed by atoms with Crippen LogP contribution in [0.3, 0.4) is 0 Å². The maximum Gasteiger partial charge on any atom is 0.346 e. The highest BCUT2D eigenvalue weighted by Gasteiger charge is 2.16. The molecule has 94 valence electrons. The fourth-order valence-electron chi connectivity index (χ4n) is 1.74. The van der Waals surface area contributed by atoms with Gasteiger partial charge in [0.2, 0.25) is 0 Å². The van der Waals surface area contributed by atoms with Crippen LogP contribution < -0.4 is 4.74 Å². The van der Waals surface area contributed by atoms with Gasteiger partial charge < -0.3 is 9.47 Å². The molecule has 0 aromatic heterocycles. The Hall–Kier alpha value is -1.74. The van der Waals surface area contributed by atoms with Crippen molar-refractivity contribution in [3.8, 4) is 5.75 Å². The molecule has 0 N–H and O–H groups in total. The van der Waals surface area contributed by atoms with Gasteiger partial charge in [-0.2, -0.15) is 0 Å². The first-order valence-corrected chi connectivity index (χ1v) is 5.93. The Labute approximate surface area is 110 Å². The molecule has 0 heterocycles. The molecular formula is C14H13ClO3. The fraction of sp³-hybridized carbons (Fsp3) is 0.214. The van der Waals surface area contributed by atoms with E-state index < -0.39 is 12.1 Å². The monoisotopic (exact) mass is 264 g/mol. The van der Waals surface area contributed by atoms with E-state index in [2.05, 4.69) is 4.74 Å². The Kier molecular flexibility index (Phi) is 3.72. The van der Waals surface area contributed by atoms with E-state index in [1.54, 1.807) is 19.1 Å². The van der Waals surface area contributed by atoms with E-state index in [1.807, 2.05) is 24.3 Å². The van der Waals surface area contributed by atoms with Crippen molar-refractivity contribution in [3.63, 3.8) is 0 Å². The highest BCUT2D eigenvalue weighted by Crippen LogP contribution is 2.31. The number of methoxy groups -OCH3 is 1. The molecule has 0 aliphatic carbocycles. The van der Waals surface area contributed by atoms with Crippen LogP contribution in [-0.4, -0.2) is 19.2 Å². The van der Waals surface area contributed by atoms with E-state index in [0.29, 0.717) is 10.8 Å². The summed E-state index contributed by atoms with van der Waals surface area (Å²) in [4.78, 5) is 11.3. The third-order valence-corrected chi connectivity index (χ3v) is 3.00. The zero-order chi connectivity index (χ0) is 13.1. The summed E-state index contributed by atoms with van der Waals surface area (Å²) in [5, 5.41) is 2.43. The molecule has 0 fully saturated rings. The van der Waals surface area contributed by atoms with Gasteiger partial charge in [-0.05, 0) is 19.1 Å². The molecule has 0 radical (unpaired) electrons. The van der Waals surface area contributed by atoms with Crippen molar-refractivity contribution < 1.29 is 14.3 Å². The minimum absolute atomic E-state index is 0.408. The first kappa shape index (κ1) is 12.7. The van der Waals surface area contributed by atoms with Gasteiger partial charge in [0, 0.05) is 15.8 Å². The summed E-state index contributed by atoms with van der Waals surface area (Å²) in [6.07, 6.45) is -0.653. The molecule has 18 heavy (non-hydrogen) atoms.